The fourth-order valence-corrected chi connectivity index (χ4v) is 2.56. The molecule has 0 unspecified atom stereocenters. The van der Waals surface area contributed by atoms with Crippen molar-refractivity contribution in [2.24, 2.45) is 43.3 Å². The second kappa shape index (κ2) is 15.7. The van der Waals surface area contributed by atoms with Gasteiger partial charge in [0, 0.05) is 18.1 Å². The summed E-state index contributed by atoms with van der Waals surface area (Å²) in [7, 11) is 0. The molecule has 2 aromatic rings. The molecule has 0 aliphatic heterocycles. The Hall–Kier alpha value is -3.05. The van der Waals surface area contributed by atoms with Gasteiger partial charge in [0.2, 0.25) is 11.9 Å². The summed E-state index contributed by atoms with van der Waals surface area (Å²) in [6, 6.07) is 10.3. The minimum absolute atomic E-state index is 0.121. The Kier molecular flexibility index (Phi) is 14.2. The van der Waals surface area contributed by atoms with Crippen LogP contribution in [0.2, 0.25) is 20.1 Å². The van der Waals surface area contributed by atoms with Gasteiger partial charge in [-0.05, 0) is 24.3 Å². The van der Waals surface area contributed by atoms with Gasteiger partial charge in [-0.15, -0.1) is 10.2 Å². The number of carboxylic acids is 1. The largest absolute Gasteiger partial charge is 0.481 e. The highest BCUT2D eigenvalue weighted by Gasteiger charge is 2.02. The molecular weight excluding hydrogens is 502 g/mol. The first kappa shape index (κ1) is 28.9. The summed E-state index contributed by atoms with van der Waals surface area (Å²) >= 11 is 23.4. The zero-order chi connectivity index (χ0) is 24.7. The van der Waals surface area contributed by atoms with E-state index in [-0.39, 0.29) is 11.9 Å². The van der Waals surface area contributed by atoms with Crippen LogP contribution in [-0.2, 0) is 4.79 Å². The molecule has 0 aliphatic rings. The molecule has 32 heavy (non-hydrogen) atoms. The highest BCUT2D eigenvalue weighted by molar-refractivity contribution is 6.39. The molecule has 0 atom stereocenters. The predicted molar refractivity (Wildman–Crippen MR) is 133 cm³/mol. The number of carbonyl (C=O) groups is 1. The predicted octanol–water partition coefficient (Wildman–Crippen LogP) is 3.29. The lowest BCUT2D eigenvalue weighted by atomic mass is 10.2. The molecule has 2 rings (SSSR count). The lowest BCUT2D eigenvalue weighted by Crippen LogP contribution is -2.21. The smallest absolute Gasteiger partial charge is 0.300 e. The summed E-state index contributed by atoms with van der Waals surface area (Å²) in [6.07, 6.45) is 2.79. The highest BCUT2D eigenvalue weighted by Crippen LogP contribution is 2.22. The Morgan fingerprint density at radius 3 is 1.22 bits per heavy atom. The number of benzene rings is 2. The number of carboxylic acid groups (broad SMARTS) is 1. The molecule has 0 aromatic heterocycles. The zero-order valence-corrected chi connectivity index (χ0v) is 19.6. The van der Waals surface area contributed by atoms with Crippen molar-refractivity contribution in [3.8, 4) is 0 Å². The quantitative estimate of drug-likeness (QED) is 0.232. The third-order valence-electron chi connectivity index (χ3n) is 2.72. The van der Waals surface area contributed by atoms with Gasteiger partial charge < -0.3 is 28.0 Å². The SMILES string of the molecule is CC(=O)O.NC(N)=N/N=C/c1c(Cl)cccc1Cl.NC(N)=N/N=C/c1c(Cl)cccc1Cl. The van der Waals surface area contributed by atoms with Crippen LogP contribution in [0, 0.1) is 0 Å². The second-order valence-corrected chi connectivity index (χ2v) is 6.96. The Labute approximate surface area is 204 Å². The maximum absolute atomic E-state index is 9.00. The Morgan fingerprint density at radius 2 is 1.00 bits per heavy atom. The van der Waals surface area contributed by atoms with Gasteiger partial charge in [0.15, 0.2) is 0 Å². The zero-order valence-electron chi connectivity index (χ0n) is 16.6. The average Bonchev–Trinajstić information content (AvgIpc) is 2.66. The summed E-state index contributed by atoms with van der Waals surface area (Å²) in [5, 5.41) is 23.5. The van der Waals surface area contributed by atoms with Gasteiger partial charge in [-0.3, -0.25) is 4.79 Å². The van der Waals surface area contributed by atoms with Crippen LogP contribution in [0.25, 0.3) is 0 Å². The normalized spacial score (nSPS) is 9.91. The molecule has 2 aromatic carbocycles. The van der Waals surface area contributed by atoms with E-state index in [0.717, 1.165) is 6.92 Å². The molecule has 172 valence electrons. The summed E-state index contributed by atoms with van der Waals surface area (Å²) in [4.78, 5) is 9.00. The van der Waals surface area contributed by atoms with E-state index in [1.807, 2.05) is 0 Å². The van der Waals surface area contributed by atoms with Crippen LogP contribution in [0.4, 0.5) is 0 Å². The Bertz CT molecular complexity index is 898. The second-order valence-electron chi connectivity index (χ2n) is 5.33. The minimum Gasteiger partial charge on any atom is -0.481 e. The monoisotopic (exact) mass is 520 g/mol. The first-order chi connectivity index (χ1) is 15.0. The molecule has 0 amide bonds. The van der Waals surface area contributed by atoms with E-state index in [2.05, 4.69) is 20.4 Å². The molecule has 14 heteroatoms. The molecule has 0 fully saturated rings. The van der Waals surface area contributed by atoms with E-state index in [4.69, 9.17) is 79.2 Å². The van der Waals surface area contributed by atoms with Crippen molar-refractivity contribution in [1.82, 2.24) is 0 Å². The van der Waals surface area contributed by atoms with Crippen molar-refractivity contribution in [2.45, 2.75) is 6.92 Å². The highest BCUT2D eigenvalue weighted by atomic mass is 35.5. The topological polar surface area (TPSA) is 191 Å². The number of aliphatic carboxylic acids is 1. The molecule has 0 heterocycles. The standard InChI is InChI=1S/2C8H8Cl2N4.C2H4O2/c2*9-6-2-1-3-7(10)5(6)4-13-14-8(11)12;1-2(3)4/h2*1-4H,(H4,11,12,14);1H3,(H,3,4)/b2*13-4+;. The minimum atomic E-state index is -0.833. The molecule has 0 saturated carbocycles. The third-order valence-corrected chi connectivity index (χ3v) is 4.04. The molecule has 0 saturated heterocycles. The Morgan fingerprint density at radius 1 is 0.750 bits per heavy atom. The van der Waals surface area contributed by atoms with Gasteiger partial charge in [-0.1, -0.05) is 58.5 Å². The lowest BCUT2D eigenvalue weighted by Gasteiger charge is -1.98. The fraction of sp³-hybridized carbons (Fsp3) is 0.0556. The first-order valence-corrected chi connectivity index (χ1v) is 9.78. The molecule has 0 bridgehead atoms. The number of nitrogens with zero attached hydrogens (tertiary/aromatic N) is 4. The molecule has 0 spiro atoms. The van der Waals surface area contributed by atoms with Crippen LogP contribution < -0.4 is 22.9 Å². The number of halogens is 4. The van der Waals surface area contributed by atoms with E-state index >= 15 is 0 Å². The number of hydrogen-bond donors (Lipinski definition) is 5. The van der Waals surface area contributed by atoms with Crippen molar-refractivity contribution < 1.29 is 9.90 Å². The van der Waals surface area contributed by atoms with Crippen LogP contribution in [0.15, 0.2) is 56.8 Å². The number of hydrogen-bond acceptors (Lipinski definition) is 5. The van der Waals surface area contributed by atoms with E-state index in [1.165, 1.54) is 12.4 Å². The maximum atomic E-state index is 9.00. The molecule has 0 aliphatic carbocycles. The van der Waals surface area contributed by atoms with Gasteiger partial charge in [-0.2, -0.15) is 10.2 Å². The van der Waals surface area contributed by atoms with Gasteiger partial charge in [0.25, 0.3) is 5.97 Å². The summed E-state index contributed by atoms with van der Waals surface area (Å²) < 4.78 is 0. The maximum Gasteiger partial charge on any atom is 0.300 e. The average molecular weight is 522 g/mol. The van der Waals surface area contributed by atoms with Crippen LogP contribution in [0.5, 0.6) is 0 Å². The van der Waals surface area contributed by atoms with Crippen LogP contribution in [0.1, 0.15) is 18.1 Å². The van der Waals surface area contributed by atoms with Crippen molar-refractivity contribution in [2.75, 3.05) is 0 Å². The summed E-state index contributed by atoms with van der Waals surface area (Å²) in [5.41, 5.74) is 21.5. The van der Waals surface area contributed by atoms with Crippen molar-refractivity contribution >= 4 is 76.7 Å². The fourth-order valence-electron chi connectivity index (χ4n) is 1.57. The number of guanidine groups is 2. The van der Waals surface area contributed by atoms with Crippen molar-refractivity contribution in [3.63, 3.8) is 0 Å². The number of nitrogens with two attached hydrogens (primary N) is 4. The van der Waals surface area contributed by atoms with Gasteiger partial charge in [0.1, 0.15) is 0 Å². The van der Waals surface area contributed by atoms with Gasteiger partial charge >= 0.3 is 0 Å². The van der Waals surface area contributed by atoms with Crippen LogP contribution in [0.3, 0.4) is 0 Å². The Balaban J connectivity index is 0.000000515. The first-order valence-electron chi connectivity index (χ1n) is 8.27. The van der Waals surface area contributed by atoms with Gasteiger partial charge in [-0.25, -0.2) is 0 Å². The van der Waals surface area contributed by atoms with Crippen LogP contribution in [-0.4, -0.2) is 35.4 Å². The van der Waals surface area contributed by atoms with E-state index in [0.29, 0.717) is 31.2 Å². The van der Waals surface area contributed by atoms with E-state index in [1.54, 1.807) is 36.4 Å². The van der Waals surface area contributed by atoms with Crippen molar-refractivity contribution in [3.05, 3.63) is 67.6 Å². The lowest BCUT2D eigenvalue weighted by molar-refractivity contribution is -0.134. The number of rotatable bonds is 4. The van der Waals surface area contributed by atoms with Crippen molar-refractivity contribution in [1.29, 1.82) is 0 Å². The van der Waals surface area contributed by atoms with Crippen LogP contribution >= 0.6 is 46.4 Å². The van der Waals surface area contributed by atoms with Gasteiger partial charge in [0.05, 0.1) is 32.5 Å². The summed E-state index contributed by atoms with van der Waals surface area (Å²) in [5.74, 6) is -1.08. The molecule has 9 N–H and O–H groups in total. The van der Waals surface area contributed by atoms with E-state index < -0.39 is 5.97 Å². The summed E-state index contributed by atoms with van der Waals surface area (Å²) in [6.45, 7) is 1.08. The molecule has 0 radical (unpaired) electrons. The molecular formula is C18H20Cl4N8O2. The third kappa shape index (κ3) is 13.3. The molecule has 10 nitrogen and oxygen atoms in total. The van der Waals surface area contributed by atoms with E-state index in [9.17, 15) is 0 Å².